The summed E-state index contributed by atoms with van der Waals surface area (Å²) in [4.78, 5) is 11.6. The van der Waals surface area contributed by atoms with E-state index < -0.39 is 24.3 Å². The van der Waals surface area contributed by atoms with E-state index in [1.54, 1.807) is 0 Å². The van der Waals surface area contributed by atoms with Crippen LogP contribution < -0.4 is 5.59 Å². The molecule has 1 aliphatic heterocycles. The highest BCUT2D eigenvalue weighted by Crippen LogP contribution is 2.36. The maximum atomic E-state index is 11.6. The molecule has 1 N–H and O–H groups in total. The van der Waals surface area contributed by atoms with Gasteiger partial charge in [-0.25, -0.2) is 4.79 Å². The fourth-order valence-corrected chi connectivity index (χ4v) is 1.71. The zero-order valence-corrected chi connectivity index (χ0v) is 11.2. The van der Waals surface area contributed by atoms with E-state index in [9.17, 15) is 4.79 Å². The second-order valence-electron chi connectivity index (χ2n) is 5.28. The maximum Gasteiger partial charge on any atom is 0.514 e. The van der Waals surface area contributed by atoms with Crippen molar-refractivity contribution >= 4 is 18.7 Å². The van der Waals surface area contributed by atoms with Crippen LogP contribution in [0.1, 0.15) is 38.1 Å². The topological polar surface area (TPSA) is 73.4 Å². The molecule has 0 unspecified atom stereocenters. The number of rotatable bonds is 2. The lowest BCUT2D eigenvalue weighted by Gasteiger charge is -2.32. The molecule has 0 saturated carbocycles. The molecular weight excluding hydrogens is 235 g/mol. The Morgan fingerprint density at radius 2 is 1.89 bits per heavy atom. The molecule has 0 bridgehead atoms. The smallest absolute Gasteiger partial charge is 0.465 e. The summed E-state index contributed by atoms with van der Waals surface area (Å²) in [5.74, 6) is -0.464. The Labute approximate surface area is 106 Å². The standard InChI is InChI=1S/C11H17BN2O4/c1-10(2)11(3,4)18-12(17-10)8-7(6-13-14-8)9(15)16-5/h6H,1-5H3,(H,13,14). The summed E-state index contributed by atoms with van der Waals surface area (Å²) >= 11 is 0. The van der Waals surface area contributed by atoms with E-state index in [1.807, 2.05) is 27.7 Å². The molecule has 0 radical (unpaired) electrons. The van der Waals surface area contributed by atoms with Crippen molar-refractivity contribution in [2.24, 2.45) is 0 Å². The molecule has 1 aliphatic rings. The number of aromatic amines is 1. The number of aromatic nitrogens is 2. The van der Waals surface area contributed by atoms with Crippen LogP contribution in [0, 0.1) is 0 Å². The molecule has 0 amide bonds. The molecule has 0 aliphatic carbocycles. The molecule has 18 heavy (non-hydrogen) atoms. The van der Waals surface area contributed by atoms with Gasteiger partial charge in [-0.3, -0.25) is 5.10 Å². The second kappa shape index (κ2) is 4.10. The van der Waals surface area contributed by atoms with Crippen LogP contribution in [0.5, 0.6) is 0 Å². The van der Waals surface area contributed by atoms with E-state index >= 15 is 0 Å². The Hall–Kier alpha value is -1.34. The van der Waals surface area contributed by atoms with Gasteiger partial charge in [0.1, 0.15) is 0 Å². The van der Waals surface area contributed by atoms with Crippen molar-refractivity contribution in [3.8, 4) is 0 Å². The molecule has 6 nitrogen and oxygen atoms in total. The molecule has 0 aromatic carbocycles. The Balaban J connectivity index is 2.30. The van der Waals surface area contributed by atoms with Crippen molar-refractivity contribution in [2.75, 3.05) is 7.11 Å². The first-order chi connectivity index (χ1) is 8.28. The number of carbonyl (C=O) groups excluding carboxylic acids is 1. The molecule has 1 saturated heterocycles. The van der Waals surface area contributed by atoms with Gasteiger partial charge in [0.25, 0.3) is 0 Å². The van der Waals surface area contributed by atoms with Crippen molar-refractivity contribution < 1.29 is 18.8 Å². The normalized spacial score (nSPS) is 21.1. The van der Waals surface area contributed by atoms with Gasteiger partial charge in [0.05, 0.1) is 35.7 Å². The van der Waals surface area contributed by atoms with Gasteiger partial charge in [-0.1, -0.05) is 0 Å². The Bertz CT molecular complexity index is 453. The lowest BCUT2D eigenvalue weighted by Crippen LogP contribution is -2.41. The molecular formula is C11H17BN2O4. The molecule has 1 aromatic rings. The molecule has 2 heterocycles. The first-order valence-electron chi connectivity index (χ1n) is 5.76. The van der Waals surface area contributed by atoms with Crippen LogP contribution in [0.15, 0.2) is 6.20 Å². The van der Waals surface area contributed by atoms with E-state index in [0.29, 0.717) is 11.2 Å². The minimum absolute atomic E-state index is 0.330. The predicted molar refractivity (Wildman–Crippen MR) is 65.6 cm³/mol. The molecule has 2 rings (SSSR count). The van der Waals surface area contributed by atoms with Gasteiger partial charge in [-0.05, 0) is 27.7 Å². The largest absolute Gasteiger partial charge is 0.514 e. The van der Waals surface area contributed by atoms with E-state index in [1.165, 1.54) is 13.3 Å². The summed E-state index contributed by atoms with van der Waals surface area (Å²) in [7, 11) is 0.676. The summed E-state index contributed by atoms with van der Waals surface area (Å²) in [6.45, 7) is 7.78. The molecule has 98 valence electrons. The van der Waals surface area contributed by atoms with E-state index in [0.717, 1.165) is 0 Å². The SMILES string of the molecule is COC(=O)c1cn[nH]c1B1OC(C)(C)C(C)(C)O1. The minimum atomic E-state index is -0.647. The molecule has 7 heteroatoms. The lowest BCUT2D eigenvalue weighted by atomic mass is 9.82. The summed E-state index contributed by atoms with van der Waals surface area (Å²) < 4.78 is 16.4. The van der Waals surface area contributed by atoms with E-state index in [-0.39, 0.29) is 0 Å². The molecule has 0 atom stereocenters. The number of methoxy groups -OCH3 is 1. The fraction of sp³-hybridized carbons (Fsp3) is 0.636. The quantitative estimate of drug-likeness (QED) is 0.612. The average molecular weight is 252 g/mol. The van der Waals surface area contributed by atoms with Crippen LogP contribution >= 0.6 is 0 Å². The van der Waals surface area contributed by atoms with Crippen LogP contribution in [0.3, 0.4) is 0 Å². The predicted octanol–water partition coefficient (Wildman–Crippen LogP) is 0.495. The van der Waals surface area contributed by atoms with Crippen LogP contribution in [-0.2, 0) is 14.0 Å². The highest BCUT2D eigenvalue weighted by Gasteiger charge is 2.53. The number of ether oxygens (including phenoxy) is 1. The van der Waals surface area contributed by atoms with Gasteiger partial charge >= 0.3 is 13.1 Å². The van der Waals surface area contributed by atoms with Gasteiger partial charge in [-0.2, -0.15) is 5.10 Å². The third kappa shape index (κ3) is 1.93. The summed E-state index contributed by atoms with van der Waals surface area (Å²) in [6, 6.07) is 0. The minimum Gasteiger partial charge on any atom is -0.465 e. The third-order valence-electron chi connectivity index (χ3n) is 3.56. The number of nitrogens with zero attached hydrogens (tertiary/aromatic N) is 1. The highest BCUT2D eigenvalue weighted by molar-refractivity contribution is 6.62. The zero-order chi connectivity index (χ0) is 13.6. The van der Waals surface area contributed by atoms with Crippen LogP contribution in [-0.4, -0.2) is 41.6 Å². The number of H-pyrrole nitrogens is 1. The van der Waals surface area contributed by atoms with Gasteiger partial charge in [0.15, 0.2) is 0 Å². The van der Waals surface area contributed by atoms with Gasteiger partial charge in [-0.15, -0.1) is 0 Å². The lowest BCUT2D eigenvalue weighted by molar-refractivity contribution is 0.00578. The van der Waals surface area contributed by atoms with Crippen LogP contribution in [0.25, 0.3) is 0 Å². The van der Waals surface area contributed by atoms with Gasteiger partial charge in [0, 0.05) is 0 Å². The molecule has 1 aromatic heterocycles. The average Bonchev–Trinajstić information content (AvgIpc) is 2.81. The van der Waals surface area contributed by atoms with Crippen LogP contribution in [0.2, 0.25) is 0 Å². The monoisotopic (exact) mass is 252 g/mol. The van der Waals surface area contributed by atoms with Crippen molar-refractivity contribution in [1.29, 1.82) is 0 Å². The summed E-state index contributed by atoms with van der Waals surface area (Å²) in [6.07, 6.45) is 1.41. The number of nitrogens with one attached hydrogen (secondary N) is 1. The highest BCUT2D eigenvalue weighted by atomic mass is 16.7. The first-order valence-corrected chi connectivity index (χ1v) is 5.76. The molecule has 0 spiro atoms. The van der Waals surface area contributed by atoms with E-state index in [2.05, 4.69) is 14.9 Å². The first kappa shape index (κ1) is 13.1. The summed E-state index contributed by atoms with van der Waals surface area (Å²) in [5.41, 5.74) is -0.108. The Morgan fingerprint density at radius 1 is 1.33 bits per heavy atom. The van der Waals surface area contributed by atoms with Crippen LogP contribution in [0.4, 0.5) is 0 Å². The number of esters is 1. The Kier molecular flexibility index (Phi) is 2.99. The fourth-order valence-electron chi connectivity index (χ4n) is 1.71. The van der Waals surface area contributed by atoms with Gasteiger partial charge < -0.3 is 14.0 Å². The summed E-state index contributed by atoms with van der Waals surface area (Å²) in [5, 5.41) is 6.58. The number of hydrogen-bond donors (Lipinski definition) is 1. The second-order valence-corrected chi connectivity index (χ2v) is 5.28. The maximum absolute atomic E-state index is 11.6. The molecule has 1 fully saturated rings. The Morgan fingerprint density at radius 3 is 2.39 bits per heavy atom. The third-order valence-corrected chi connectivity index (χ3v) is 3.56. The number of carbonyl (C=O) groups is 1. The van der Waals surface area contributed by atoms with E-state index in [4.69, 9.17) is 9.31 Å². The van der Waals surface area contributed by atoms with Crippen molar-refractivity contribution in [2.45, 2.75) is 38.9 Å². The number of hydrogen-bond acceptors (Lipinski definition) is 5. The van der Waals surface area contributed by atoms with Gasteiger partial charge in [0.2, 0.25) is 0 Å². The zero-order valence-electron chi connectivity index (χ0n) is 11.2. The van der Waals surface area contributed by atoms with Crippen molar-refractivity contribution in [3.05, 3.63) is 11.8 Å². The van der Waals surface area contributed by atoms with Crippen molar-refractivity contribution in [1.82, 2.24) is 10.2 Å². The van der Waals surface area contributed by atoms with Crippen molar-refractivity contribution in [3.63, 3.8) is 0 Å².